The number of aromatic hydroxyl groups is 1. The highest BCUT2D eigenvalue weighted by atomic mass is 19.4. The third-order valence-electron chi connectivity index (χ3n) is 2.75. The van der Waals surface area contributed by atoms with Gasteiger partial charge in [0.2, 0.25) is 5.91 Å². The molecular weight excluding hydrogens is 289 g/mol. The lowest BCUT2D eigenvalue weighted by Crippen LogP contribution is -2.40. The summed E-state index contributed by atoms with van der Waals surface area (Å²) in [6, 6.07) is 5.79. The van der Waals surface area contributed by atoms with Crippen LogP contribution in [0, 0.1) is 0 Å². The van der Waals surface area contributed by atoms with Crippen molar-refractivity contribution in [3.63, 3.8) is 0 Å². The Hall–Kier alpha value is -1.80. The molecular formula is C13H17F3N2O3. The van der Waals surface area contributed by atoms with Gasteiger partial charge in [-0.15, -0.1) is 0 Å². The van der Waals surface area contributed by atoms with E-state index in [4.69, 9.17) is 5.11 Å². The molecule has 0 heterocycles. The molecule has 5 nitrogen and oxygen atoms in total. The van der Waals surface area contributed by atoms with E-state index in [1.165, 1.54) is 31.3 Å². The Balaban J connectivity index is 2.42. The van der Waals surface area contributed by atoms with Crippen LogP contribution >= 0.6 is 0 Å². The minimum Gasteiger partial charge on any atom is -0.508 e. The summed E-state index contributed by atoms with van der Waals surface area (Å²) in [6.07, 6.45) is -5.35. The number of hydrogen-bond donors (Lipinski definition) is 3. The number of hydrogen-bond acceptors (Lipinski definition) is 4. The largest absolute Gasteiger partial charge is 0.508 e. The van der Waals surface area contributed by atoms with Crippen molar-refractivity contribution in [2.45, 2.75) is 12.3 Å². The van der Waals surface area contributed by atoms with Crippen molar-refractivity contribution in [2.24, 2.45) is 0 Å². The van der Waals surface area contributed by atoms with Crippen LogP contribution in [0.25, 0.3) is 0 Å². The zero-order valence-electron chi connectivity index (χ0n) is 11.4. The summed E-state index contributed by atoms with van der Waals surface area (Å²) in [5.41, 5.74) is 0.496. The number of rotatable bonds is 6. The first-order chi connectivity index (χ1) is 9.69. The quantitative estimate of drug-likeness (QED) is 0.734. The van der Waals surface area contributed by atoms with E-state index in [0.717, 1.165) is 4.90 Å². The number of carbonyl (C=O) groups excluding carboxylic acids is 1. The van der Waals surface area contributed by atoms with Gasteiger partial charge in [0.1, 0.15) is 5.75 Å². The first-order valence-corrected chi connectivity index (χ1v) is 6.17. The highest BCUT2D eigenvalue weighted by molar-refractivity contribution is 5.78. The first-order valence-electron chi connectivity index (χ1n) is 6.17. The van der Waals surface area contributed by atoms with Gasteiger partial charge in [-0.1, -0.05) is 12.1 Å². The van der Waals surface area contributed by atoms with E-state index in [2.05, 4.69) is 0 Å². The van der Waals surface area contributed by atoms with Crippen LogP contribution in [0.3, 0.4) is 0 Å². The van der Waals surface area contributed by atoms with Gasteiger partial charge >= 0.3 is 6.18 Å². The van der Waals surface area contributed by atoms with Crippen LogP contribution in [0.1, 0.15) is 11.7 Å². The Morgan fingerprint density at radius 2 is 1.90 bits per heavy atom. The van der Waals surface area contributed by atoms with E-state index >= 15 is 0 Å². The first kappa shape index (κ1) is 17.3. The monoisotopic (exact) mass is 306 g/mol. The highest BCUT2D eigenvalue weighted by Gasteiger charge is 2.27. The number of aliphatic hydroxyl groups is 1. The molecule has 1 unspecified atom stereocenters. The lowest BCUT2D eigenvalue weighted by Gasteiger charge is -2.21. The Morgan fingerprint density at radius 1 is 1.33 bits per heavy atom. The van der Waals surface area contributed by atoms with E-state index in [9.17, 15) is 23.1 Å². The van der Waals surface area contributed by atoms with Gasteiger partial charge in [0, 0.05) is 7.05 Å². The van der Waals surface area contributed by atoms with Gasteiger partial charge in [-0.25, -0.2) is 0 Å². The van der Waals surface area contributed by atoms with Gasteiger partial charge in [0.15, 0.2) is 0 Å². The van der Waals surface area contributed by atoms with Crippen LogP contribution in [0.5, 0.6) is 5.75 Å². The Kier molecular flexibility index (Phi) is 5.98. The fourth-order valence-corrected chi connectivity index (χ4v) is 1.61. The zero-order valence-corrected chi connectivity index (χ0v) is 11.4. The van der Waals surface area contributed by atoms with E-state index in [1.807, 2.05) is 5.32 Å². The smallest absolute Gasteiger partial charge is 0.401 e. The molecule has 21 heavy (non-hydrogen) atoms. The second-order valence-corrected chi connectivity index (χ2v) is 4.60. The molecule has 0 fully saturated rings. The predicted octanol–water partition coefficient (Wildman–Crippen LogP) is 1.04. The average molecular weight is 306 g/mol. The molecule has 1 aromatic carbocycles. The van der Waals surface area contributed by atoms with Crippen LogP contribution in [-0.4, -0.2) is 53.9 Å². The number of amides is 1. The zero-order chi connectivity index (χ0) is 16.0. The molecule has 0 aliphatic carbocycles. The summed E-state index contributed by atoms with van der Waals surface area (Å²) >= 11 is 0. The van der Waals surface area contributed by atoms with E-state index < -0.39 is 31.3 Å². The highest BCUT2D eigenvalue weighted by Crippen LogP contribution is 2.17. The summed E-state index contributed by atoms with van der Waals surface area (Å²) in [7, 11) is 1.39. The molecule has 0 aliphatic heterocycles. The number of carbonyl (C=O) groups is 1. The van der Waals surface area contributed by atoms with Crippen molar-refractivity contribution < 1.29 is 28.2 Å². The molecule has 1 atom stereocenters. The molecule has 0 saturated heterocycles. The summed E-state index contributed by atoms with van der Waals surface area (Å²) in [5.74, 6) is -0.510. The number of halogens is 3. The molecule has 0 radical (unpaired) electrons. The molecule has 1 rings (SSSR count). The fraction of sp³-hybridized carbons (Fsp3) is 0.462. The summed E-state index contributed by atoms with van der Waals surface area (Å²) in [4.78, 5) is 12.7. The van der Waals surface area contributed by atoms with Gasteiger partial charge in [-0.2, -0.15) is 13.2 Å². The van der Waals surface area contributed by atoms with E-state index in [-0.39, 0.29) is 12.3 Å². The number of nitrogens with zero attached hydrogens (tertiary/aromatic N) is 1. The number of phenols is 1. The predicted molar refractivity (Wildman–Crippen MR) is 69.6 cm³/mol. The van der Waals surface area contributed by atoms with Gasteiger partial charge in [0.05, 0.1) is 25.7 Å². The molecule has 0 bridgehead atoms. The third-order valence-corrected chi connectivity index (χ3v) is 2.75. The van der Waals surface area contributed by atoms with Crippen molar-refractivity contribution in [3.8, 4) is 5.75 Å². The SMILES string of the molecule is CN(CC(O)c1ccc(O)cc1)C(=O)CNCC(F)(F)F. The summed E-state index contributed by atoms with van der Waals surface area (Å²) in [5, 5.41) is 21.0. The van der Waals surface area contributed by atoms with Crippen molar-refractivity contribution in [1.82, 2.24) is 10.2 Å². The second-order valence-electron chi connectivity index (χ2n) is 4.60. The number of phenolic OH excluding ortho intramolecular Hbond substituents is 1. The number of benzene rings is 1. The van der Waals surface area contributed by atoms with Gasteiger partial charge in [-0.3, -0.25) is 4.79 Å². The summed E-state index contributed by atoms with van der Waals surface area (Å²) in [6.45, 7) is -1.76. The number of nitrogens with one attached hydrogen (secondary N) is 1. The van der Waals surface area contributed by atoms with Gasteiger partial charge in [0.25, 0.3) is 0 Å². The molecule has 118 valence electrons. The molecule has 8 heteroatoms. The van der Waals surface area contributed by atoms with Crippen LogP contribution in [-0.2, 0) is 4.79 Å². The van der Waals surface area contributed by atoms with E-state index in [0.29, 0.717) is 5.56 Å². The maximum absolute atomic E-state index is 11.9. The minimum atomic E-state index is -4.37. The number of likely N-dealkylation sites (N-methyl/N-ethyl adjacent to an activating group) is 1. The number of aliphatic hydroxyl groups excluding tert-OH is 1. The molecule has 0 aromatic heterocycles. The fourth-order valence-electron chi connectivity index (χ4n) is 1.61. The standard InChI is InChI=1S/C13H17F3N2O3/c1-18(12(21)6-17-8-13(14,15)16)7-11(20)9-2-4-10(19)5-3-9/h2-5,11,17,19-20H,6-8H2,1H3. The summed E-state index contributed by atoms with van der Waals surface area (Å²) < 4.78 is 35.8. The van der Waals surface area contributed by atoms with Gasteiger partial charge in [-0.05, 0) is 17.7 Å². The molecule has 0 spiro atoms. The van der Waals surface area contributed by atoms with Gasteiger partial charge < -0.3 is 20.4 Å². The second kappa shape index (κ2) is 7.28. The molecule has 0 aliphatic rings. The molecule has 1 aromatic rings. The Labute approximate surface area is 120 Å². The third kappa shape index (κ3) is 6.46. The molecule has 1 amide bonds. The maximum atomic E-state index is 11.9. The Bertz CT molecular complexity index is 463. The van der Waals surface area contributed by atoms with Crippen LogP contribution in [0.2, 0.25) is 0 Å². The van der Waals surface area contributed by atoms with Crippen molar-refractivity contribution in [3.05, 3.63) is 29.8 Å². The lowest BCUT2D eigenvalue weighted by atomic mass is 10.1. The minimum absolute atomic E-state index is 0.0479. The van der Waals surface area contributed by atoms with Crippen molar-refractivity contribution >= 4 is 5.91 Å². The van der Waals surface area contributed by atoms with Crippen LogP contribution < -0.4 is 5.32 Å². The Morgan fingerprint density at radius 3 is 2.43 bits per heavy atom. The average Bonchev–Trinajstić information content (AvgIpc) is 2.37. The topological polar surface area (TPSA) is 72.8 Å². The molecule has 0 saturated carbocycles. The van der Waals surface area contributed by atoms with E-state index in [1.54, 1.807) is 0 Å². The van der Waals surface area contributed by atoms with Crippen LogP contribution in [0.4, 0.5) is 13.2 Å². The maximum Gasteiger partial charge on any atom is 0.401 e. The van der Waals surface area contributed by atoms with Crippen molar-refractivity contribution in [1.29, 1.82) is 0 Å². The lowest BCUT2D eigenvalue weighted by molar-refractivity contribution is -0.134. The van der Waals surface area contributed by atoms with Crippen molar-refractivity contribution in [2.75, 3.05) is 26.7 Å². The number of alkyl halides is 3. The normalized spacial score (nSPS) is 13.0. The molecule has 3 N–H and O–H groups in total. The van der Waals surface area contributed by atoms with Crippen LogP contribution in [0.15, 0.2) is 24.3 Å².